The SMILES string of the molecule is CC(O)COC(C)COC(C)COC(C)COC(C)CO.OCCOCCOCCOCCOCCOCCOCCO. The highest BCUT2D eigenvalue weighted by atomic mass is 16.6. The summed E-state index contributed by atoms with van der Waals surface area (Å²) in [5.41, 5.74) is 0. The maximum absolute atomic E-state index is 9.12. The summed E-state index contributed by atoms with van der Waals surface area (Å²) in [7, 11) is 0. The van der Waals surface area contributed by atoms with Crippen LogP contribution in [0.5, 0.6) is 0 Å². The van der Waals surface area contributed by atoms with Gasteiger partial charge in [-0.2, -0.15) is 0 Å². The monoisotopic (exact) mass is 634 g/mol. The van der Waals surface area contributed by atoms with Crippen molar-refractivity contribution < 1.29 is 67.8 Å². The minimum atomic E-state index is -0.463. The molecule has 0 fully saturated rings. The van der Waals surface area contributed by atoms with Gasteiger partial charge in [-0.15, -0.1) is 0 Å². The Labute approximate surface area is 258 Å². The Morgan fingerprint density at radius 2 is 0.628 bits per heavy atom. The van der Waals surface area contributed by atoms with Crippen LogP contribution in [0.4, 0.5) is 0 Å². The Morgan fingerprint density at radius 1 is 0.372 bits per heavy atom. The van der Waals surface area contributed by atoms with Crippen LogP contribution in [-0.4, -0.2) is 176 Å². The molecule has 0 saturated carbocycles. The number of hydrogen-bond acceptors (Lipinski definition) is 14. The van der Waals surface area contributed by atoms with Gasteiger partial charge in [0.15, 0.2) is 0 Å². The molecular formula is C29H62O14. The molecule has 4 N–H and O–H groups in total. The van der Waals surface area contributed by atoms with Gasteiger partial charge in [-0.1, -0.05) is 0 Å². The molecule has 0 aromatic carbocycles. The third kappa shape index (κ3) is 39.4. The molecule has 0 radical (unpaired) electrons. The van der Waals surface area contributed by atoms with E-state index in [0.29, 0.717) is 106 Å². The van der Waals surface area contributed by atoms with Gasteiger partial charge in [-0.05, 0) is 34.6 Å². The lowest BCUT2D eigenvalue weighted by molar-refractivity contribution is -0.0936. The second-order valence-electron chi connectivity index (χ2n) is 9.73. The Hall–Kier alpha value is -0.560. The van der Waals surface area contributed by atoms with Gasteiger partial charge in [0.05, 0.1) is 156 Å². The van der Waals surface area contributed by atoms with E-state index in [-0.39, 0.29) is 44.2 Å². The number of hydrogen-bond donors (Lipinski definition) is 4. The topological polar surface area (TPSA) is 173 Å². The lowest BCUT2D eigenvalue weighted by Gasteiger charge is -2.21. The summed E-state index contributed by atoms with van der Waals surface area (Å²) in [6, 6.07) is 0. The van der Waals surface area contributed by atoms with E-state index in [1.165, 1.54) is 0 Å². The average Bonchev–Trinajstić information content (AvgIpc) is 3.00. The minimum Gasteiger partial charge on any atom is -0.394 e. The average molecular weight is 635 g/mol. The maximum atomic E-state index is 9.12. The molecule has 0 heterocycles. The highest BCUT2D eigenvalue weighted by Crippen LogP contribution is 2.02. The second kappa shape index (κ2) is 35.9. The van der Waals surface area contributed by atoms with Crippen LogP contribution in [0.15, 0.2) is 0 Å². The van der Waals surface area contributed by atoms with Crippen molar-refractivity contribution in [2.45, 2.75) is 65.1 Å². The van der Waals surface area contributed by atoms with Crippen LogP contribution in [0.25, 0.3) is 0 Å². The van der Waals surface area contributed by atoms with Gasteiger partial charge < -0.3 is 67.8 Å². The van der Waals surface area contributed by atoms with Crippen molar-refractivity contribution in [3.8, 4) is 0 Å². The molecule has 0 amide bonds. The first-order valence-corrected chi connectivity index (χ1v) is 15.2. The zero-order chi connectivity index (χ0) is 32.4. The molecule has 0 spiro atoms. The van der Waals surface area contributed by atoms with Crippen LogP contribution in [0, 0.1) is 0 Å². The lowest BCUT2D eigenvalue weighted by Crippen LogP contribution is -2.28. The Kier molecular flexibility index (Phi) is 37.2. The van der Waals surface area contributed by atoms with E-state index in [9.17, 15) is 0 Å². The number of ether oxygens (including phenoxy) is 10. The van der Waals surface area contributed by atoms with Crippen molar-refractivity contribution in [2.75, 3.05) is 126 Å². The fourth-order valence-corrected chi connectivity index (χ4v) is 2.73. The van der Waals surface area contributed by atoms with Crippen molar-refractivity contribution in [2.24, 2.45) is 0 Å². The van der Waals surface area contributed by atoms with E-state index in [2.05, 4.69) is 0 Å². The van der Waals surface area contributed by atoms with Crippen LogP contribution in [0.2, 0.25) is 0 Å². The summed E-state index contributed by atoms with van der Waals surface area (Å²) in [5.74, 6) is 0. The normalized spacial score (nSPS) is 15.0. The lowest BCUT2D eigenvalue weighted by atomic mass is 10.3. The van der Waals surface area contributed by atoms with Crippen molar-refractivity contribution in [3.63, 3.8) is 0 Å². The molecule has 0 aromatic rings. The van der Waals surface area contributed by atoms with Gasteiger partial charge >= 0.3 is 0 Å². The zero-order valence-electron chi connectivity index (χ0n) is 27.2. The summed E-state index contributed by atoms with van der Waals surface area (Å²) in [6.07, 6.45) is -0.783. The molecular weight excluding hydrogens is 572 g/mol. The standard InChI is InChI=1S/C15H32O6.C14H30O8/c1-11(17)7-18-13(3)9-20-15(5)10-21-14(4)8-19-12(2)6-16;15-1-3-17-5-7-19-9-11-21-13-14-22-12-10-20-8-6-18-4-2-16/h11-17H,6-10H2,1-5H3;15-16H,1-14H2. The number of aliphatic hydroxyl groups is 4. The first-order chi connectivity index (χ1) is 20.8. The molecule has 5 atom stereocenters. The second-order valence-corrected chi connectivity index (χ2v) is 9.73. The van der Waals surface area contributed by atoms with Crippen molar-refractivity contribution in [1.82, 2.24) is 0 Å². The van der Waals surface area contributed by atoms with Gasteiger partial charge in [-0.25, -0.2) is 0 Å². The van der Waals surface area contributed by atoms with Crippen LogP contribution in [-0.2, 0) is 47.4 Å². The number of rotatable bonds is 32. The molecule has 14 nitrogen and oxygen atoms in total. The van der Waals surface area contributed by atoms with E-state index in [1.807, 2.05) is 27.7 Å². The quantitative estimate of drug-likeness (QED) is 0.0731. The molecule has 43 heavy (non-hydrogen) atoms. The van der Waals surface area contributed by atoms with Crippen LogP contribution in [0.1, 0.15) is 34.6 Å². The van der Waals surface area contributed by atoms with E-state index in [4.69, 9.17) is 67.8 Å². The van der Waals surface area contributed by atoms with Gasteiger partial charge in [-0.3, -0.25) is 0 Å². The molecule has 0 aliphatic heterocycles. The minimum absolute atomic E-state index is 0.0105. The fraction of sp³-hybridized carbons (Fsp3) is 1.00. The zero-order valence-corrected chi connectivity index (χ0v) is 27.2. The van der Waals surface area contributed by atoms with E-state index in [0.717, 1.165) is 0 Å². The smallest absolute Gasteiger partial charge is 0.0781 e. The molecule has 0 saturated heterocycles. The van der Waals surface area contributed by atoms with Crippen LogP contribution in [0.3, 0.4) is 0 Å². The molecule has 14 heteroatoms. The summed E-state index contributed by atoms with van der Waals surface area (Å²) >= 11 is 0. The molecule has 262 valence electrons. The van der Waals surface area contributed by atoms with Crippen LogP contribution >= 0.6 is 0 Å². The summed E-state index contributed by atoms with van der Waals surface area (Å²) in [5, 5.41) is 34.9. The van der Waals surface area contributed by atoms with Crippen LogP contribution < -0.4 is 0 Å². The predicted molar refractivity (Wildman–Crippen MR) is 160 cm³/mol. The highest BCUT2D eigenvalue weighted by Gasteiger charge is 2.11. The van der Waals surface area contributed by atoms with E-state index in [1.54, 1.807) is 6.92 Å². The van der Waals surface area contributed by atoms with Crippen molar-refractivity contribution in [3.05, 3.63) is 0 Å². The summed E-state index contributed by atoms with van der Waals surface area (Å²) in [4.78, 5) is 0. The number of aliphatic hydroxyl groups excluding tert-OH is 4. The largest absolute Gasteiger partial charge is 0.394 e. The van der Waals surface area contributed by atoms with Gasteiger partial charge in [0, 0.05) is 0 Å². The summed E-state index contributed by atoms with van der Waals surface area (Å²) < 4.78 is 53.2. The van der Waals surface area contributed by atoms with Gasteiger partial charge in [0.1, 0.15) is 0 Å². The van der Waals surface area contributed by atoms with E-state index < -0.39 is 6.10 Å². The summed E-state index contributed by atoms with van der Waals surface area (Å²) in [6.45, 7) is 16.8. The van der Waals surface area contributed by atoms with E-state index >= 15 is 0 Å². The molecule has 0 bridgehead atoms. The van der Waals surface area contributed by atoms with Gasteiger partial charge in [0.25, 0.3) is 0 Å². The molecule has 0 aliphatic carbocycles. The van der Waals surface area contributed by atoms with Gasteiger partial charge in [0.2, 0.25) is 0 Å². The highest BCUT2D eigenvalue weighted by molar-refractivity contribution is 4.57. The Morgan fingerprint density at radius 3 is 0.884 bits per heavy atom. The fourth-order valence-electron chi connectivity index (χ4n) is 2.73. The first kappa shape index (κ1) is 44.6. The van der Waals surface area contributed by atoms with Crippen molar-refractivity contribution in [1.29, 1.82) is 0 Å². The van der Waals surface area contributed by atoms with Crippen molar-refractivity contribution >= 4 is 0 Å². The molecule has 0 aromatic heterocycles. The predicted octanol–water partition coefficient (Wildman–Crippen LogP) is 0.0505. The maximum Gasteiger partial charge on any atom is 0.0781 e. The molecule has 0 aliphatic rings. The molecule has 5 unspecified atom stereocenters. The molecule has 0 rings (SSSR count). The Balaban J connectivity index is 0. The third-order valence-electron chi connectivity index (χ3n) is 5.06. The third-order valence-corrected chi connectivity index (χ3v) is 5.06. The first-order valence-electron chi connectivity index (χ1n) is 15.2. The Bertz CT molecular complexity index is 498.